The van der Waals surface area contributed by atoms with E-state index in [-0.39, 0.29) is 25.0 Å². The maximum Gasteiger partial charge on any atom is 0.317 e. The minimum Gasteiger partial charge on any atom is -0.466 e. The standard InChI is InChI=1S/C20H26N4O3/c1-3-27-18(25)9-12-21-20(26)24-13-10-16-17(11-14-24)22-23(2)19(16)15-7-5-4-6-8-15/h4-8H,3,9-14H2,1-2H3,(H,21,26). The number of esters is 1. The summed E-state index contributed by atoms with van der Waals surface area (Å²) in [6, 6.07) is 10.1. The number of aryl methyl sites for hydroxylation is 1. The number of amides is 2. The number of hydrogen-bond acceptors (Lipinski definition) is 4. The molecule has 2 amide bonds. The third-order valence-electron chi connectivity index (χ3n) is 4.72. The number of ether oxygens (including phenoxy) is 1. The molecule has 1 aliphatic heterocycles. The first-order valence-electron chi connectivity index (χ1n) is 9.38. The van der Waals surface area contributed by atoms with Crippen molar-refractivity contribution in [1.29, 1.82) is 0 Å². The van der Waals surface area contributed by atoms with Crippen molar-refractivity contribution < 1.29 is 14.3 Å². The van der Waals surface area contributed by atoms with E-state index < -0.39 is 0 Å². The van der Waals surface area contributed by atoms with Crippen LogP contribution in [0.2, 0.25) is 0 Å². The van der Waals surface area contributed by atoms with Gasteiger partial charge in [-0.2, -0.15) is 5.10 Å². The van der Waals surface area contributed by atoms with Gasteiger partial charge < -0.3 is 15.0 Å². The molecule has 0 aliphatic carbocycles. The van der Waals surface area contributed by atoms with Crippen molar-refractivity contribution in [1.82, 2.24) is 20.0 Å². The summed E-state index contributed by atoms with van der Waals surface area (Å²) in [6.07, 6.45) is 1.67. The van der Waals surface area contributed by atoms with Crippen LogP contribution >= 0.6 is 0 Å². The topological polar surface area (TPSA) is 76.5 Å². The molecule has 1 aliphatic rings. The Balaban J connectivity index is 1.63. The number of nitrogens with zero attached hydrogens (tertiary/aromatic N) is 3. The maximum atomic E-state index is 12.4. The lowest BCUT2D eigenvalue weighted by atomic mass is 10.0. The van der Waals surface area contributed by atoms with Crippen LogP contribution < -0.4 is 5.32 Å². The van der Waals surface area contributed by atoms with Gasteiger partial charge in [-0.3, -0.25) is 9.48 Å². The highest BCUT2D eigenvalue weighted by Gasteiger charge is 2.24. The normalized spacial score (nSPS) is 13.6. The number of urea groups is 1. The molecule has 2 heterocycles. The molecule has 27 heavy (non-hydrogen) atoms. The van der Waals surface area contributed by atoms with Gasteiger partial charge >= 0.3 is 12.0 Å². The molecule has 7 heteroatoms. The van der Waals surface area contributed by atoms with Gasteiger partial charge in [-0.15, -0.1) is 0 Å². The van der Waals surface area contributed by atoms with E-state index in [9.17, 15) is 9.59 Å². The van der Waals surface area contributed by atoms with Gasteiger partial charge in [0.15, 0.2) is 0 Å². The molecule has 144 valence electrons. The Morgan fingerprint density at radius 2 is 1.93 bits per heavy atom. The van der Waals surface area contributed by atoms with E-state index in [1.54, 1.807) is 11.8 Å². The van der Waals surface area contributed by atoms with E-state index in [4.69, 9.17) is 4.74 Å². The summed E-state index contributed by atoms with van der Waals surface area (Å²) in [5.41, 5.74) is 4.53. The Morgan fingerprint density at radius 1 is 1.19 bits per heavy atom. The Morgan fingerprint density at radius 3 is 2.67 bits per heavy atom. The van der Waals surface area contributed by atoms with Crippen molar-refractivity contribution in [3.8, 4) is 11.3 Å². The van der Waals surface area contributed by atoms with Crippen molar-refractivity contribution in [3.05, 3.63) is 41.6 Å². The summed E-state index contributed by atoms with van der Waals surface area (Å²) in [5.74, 6) is -0.293. The van der Waals surface area contributed by atoms with Gasteiger partial charge in [-0.1, -0.05) is 30.3 Å². The molecule has 7 nitrogen and oxygen atoms in total. The molecule has 1 aromatic carbocycles. The van der Waals surface area contributed by atoms with Crippen LogP contribution in [0.25, 0.3) is 11.3 Å². The average Bonchev–Trinajstić information content (AvgIpc) is 2.83. The summed E-state index contributed by atoms with van der Waals surface area (Å²) in [4.78, 5) is 25.6. The Hall–Kier alpha value is -2.83. The quantitative estimate of drug-likeness (QED) is 0.818. The zero-order valence-electron chi connectivity index (χ0n) is 15.9. The van der Waals surface area contributed by atoms with E-state index >= 15 is 0 Å². The van der Waals surface area contributed by atoms with E-state index in [2.05, 4.69) is 22.5 Å². The molecule has 0 saturated heterocycles. The zero-order valence-corrected chi connectivity index (χ0v) is 15.9. The summed E-state index contributed by atoms with van der Waals surface area (Å²) >= 11 is 0. The monoisotopic (exact) mass is 370 g/mol. The van der Waals surface area contributed by atoms with Crippen LogP contribution in [0.5, 0.6) is 0 Å². The van der Waals surface area contributed by atoms with E-state index in [1.165, 1.54) is 5.56 Å². The molecule has 0 atom stereocenters. The molecule has 1 aromatic heterocycles. The van der Waals surface area contributed by atoms with Crippen LogP contribution in [-0.4, -0.2) is 52.9 Å². The molecule has 2 aromatic rings. The van der Waals surface area contributed by atoms with Gasteiger partial charge in [-0.05, 0) is 13.3 Å². The van der Waals surface area contributed by atoms with E-state index in [0.29, 0.717) is 19.7 Å². The molecule has 0 fully saturated rings. The fraction of sp³-hybridized carbons (Fsp3) is 0.450. The molecular weight excluding hydrogens is 344 g/mol. The predicted molar refractivity (Wildman–Crippen MR) is 102 cm³/mol. The highest BCUT2D eigenvalue weighted by molar-refractivity contribution is 5.76. The Kier molecular flexibility index (Phi) is 6.11. The largest absolute Gasteiger partial charge is 0.466 e. The molecule has 0 bridgehead atoms. The molecule has 0 radical (unpaired) electrons. The van der Waals surface area contributed by atoms with Crippen molar-refractivity contribution in [2.24, 2.45) is 7.05 Å². The fourth-order valence-electron chi connectivity index (χ4n) is 3.46. The SMILES string of the molecule is CCOC(=O)CCNC(=O)N1CCc2nn(C)c(-c3ccccc3)c2CC1. The maximum absolute atomic E-state index is 12.4. The number of rotatable bonds is 5. The lowest BCUT2D eigenvalue weighted by Crippen LogP contribution is -2.42. The lowest BCUT2D eigenvalue weighted by molar-refractivity contribution is -0.142. The number of carbonyl (C=O) groups is 2. The van der Waals surface area contributed by atoms with Gasteiger partial charge in [-0.25, -0.2) is 4.79 Å². The molecule has 3 rings (SSSR count). The summed E-state index contributed by atoms with van der Waals surface area (Å²) in [7, 11) is 1.97. The average molecular weight is 370 g/mol. The van der Waals surface area contributed by atoms with Crippen molar-refractivity contribution in [2.75, 3.05) is 26.2 Å². The third-order valence-corrected chi connectivity index (χ3v) is 4.72. The first-order chi connectivity index (χ1) is 13.1. The van der Waals surface area contributed by atoms with Crippen LogP contribution in [0.3, 0.4) is 0 Å². The van der Waals surface area contributed by atoms with Gasteiger partial charge in [0, 0.05) is 44.2 Å². The minimum atomic E-state index is -0.293. The molecule has 1 N–H and O–H groups in total. The highest BCUT2D eigenvalue weighted by atomic mass is 16.5. The second kappa shape index (κ2) is 8.70. The van der Waals surface area contributed by atoms with Gasteiger partial charge in [0.05, 0.1) is 24.4 Å². The van der Waals surface area contributed by atoms with Crippen LogP contribution in [0.15, 0.2) is 30.3 Å². The van der Waals surface area contributed by atoms with Crippen molar-refractivity contribution in [2.45, 2.75) is 26.2 Å². The van der Waals surface area contributed by atoms with E-state index in [1.807, 2.05) is 29.9 Å². The smallest absolute Gasteiger partial charge is 0.317 e. The van der Waals surface area contributed by atoms with Crippen molar-refractivity contribution in [3.63, 3.8) is 0 Å². The van der Waals surface area contributed by atoms with Crippen LogP contribution in [0.4, 0.5) is 4.79 Å². The summed E-state index contributed by atoms with van der Waals surface area (Å²) < 4.78 is 6.81. The lowest BCUT2D eigenvalue weighted by Gasteiger charge is -2.21. The van der Waals surface area contributed by atoms with Gasteiger partial charge in [0.2, 0.25) is 0 Å². The van der Waals surface area contributed by atoms with Gasteiger partial charge in [0.25, 0.3) is 0 Å². The fourth-order valence-corrected chi connectivity index (χ4v) is 3.46. The third kappa shape index (κ3) is 4.48. The number of fused-ring (bicyclic) bond motifs is 1. The van der Waals surface area contributed by atoms with Crippen LogP contribution in [0.1, 0.15) is 24.6 Å². The number of nitrogens with one attached hydrogen (secondary N) is 1. The van der Waals surface area contributed by atoms with Crippen LogP contribution in [-0.2, 0) is 29.4 Å². The number of benzene rings is 1. The van der Waals surface area contributed by atoms with Crippen LogP contribution in [0, 0.1) is 0 Å². The highest BCUT2D eigenvalue weighted by Crippen LogP contribution is 2.28. The zero-order chi connectivity index (χ0) is 19.2. The van der Waals surface area contributed by atoms with Crippen molar-refractivity contribution >= 4 is 12.0 Å². The Labute approximate surface area is 159 Å². The number of carbonyl (C=O) groups excluding carboxylic acids is 2. The summed E-state index contributed by atoms with van der Waals surface area (Å²) in [6.45, 7) is 3.65. The van der Waals surface area contributed by atoms with E-state index in [0.717, 1.165) is 29.8 Å². The minimum absolute atomic E-state index is 0.143. The number of aromatic nitrogens is 2. The first kappa shape index (κ1) is 18.9. The predicted octanol–water partition coefficient (Wildman–Crippen LogP) is 2.15. The molecular formula is C20H26N4O3. The molecule has 0 saturated carbocycles. The molecule has 0 spiro atoms. The second-order valence-corrected chi connectivity index (χ2v) is 6.54. The Bertz CT molecular complexity index is 801. The second-order valence-electron chi connectivity index (χ2n) is 6.54. The first-order valence-corrected chi connectivity index (χ1v) is 9.38. The van der Waals surface area contributed by atoms with Gasteiger partial charge in [0.1, 0.15) is 0 Å². The number of hydrogen-bond donors (Lipinski definition) is 1. The molecule has 0 unspecified atom stereocenters. The summed E-state index contributed by atoms with van der Waals surface area (Å²) in [5, 5.41) is 7.49.